The summed E-state index contributed by atoms with van der Waals surface area (Å²) < 4.78 is 0. The van der Waals surface area contributed by atoms with Gasteiger partial charge in [-0.2, -0.15) is 12.6 Å². The molecule has 1 heterocycles. The van der Waals surface area contributed by atoms with Gasteiger partial charge in [0.2, 0.25) is 0 Å². The van der Waals surface area contributed by atoms with Gasteiger partial charge in [0.05, 0.1) is 15.4 Å². The van der Waals surface area contributed by atoms with Gasteiger partial charge in [0.25, 0.3) is 0 Å². The summed E-state index contributed by atoms with van der Waals surface area (Å²) in [6.07, 6.45) is 4.81. The average Bonchev–Trinajstić information content (AvgIpc) is 2.62. The van der Waals surface area contributed by atoms with E-state index in [4.69, 9.17) is 0 Å². The van der Waals surface area contributed by atoms with Crippen molar-refractivity contribution in [3.63, 3.8) is 0 Å². The highest BCUT2D eigenvalue weighted by atomic mass is 32.1. The maximum Gasteiger partial charge on any atom is 0.331 e. The predicted octanol–water partition coefficient (Wildman–Crippen LogP) is 2.80. The molecule has 6 heteroatoms. The predicted molar refractivity (Wildman–Crippen MR) is 63.9 cm³/mol. The van der Waals surface area contributed by atoms with Crippen molar-refractivity contribution in [3.8, 4) is 0 Å². The normalized spacial score (nSPS) is 10.7. The molecular formula is C9H9NO3S2. The molecule has 0 fully saturated rings. The smallest absolute Gasteiger partial charge is 0.297 e. The van der Waals surface area contributed by atoms with Gasteiger partial charge in [0.1, 0.15) is 0 Å². The third kappa shape index (κ3) is 3.17. The van der Waals surface area contributed by atoms with Crippen LogP contribution in [0.1, 0.15) is 21.7 Å². The van der Waals surface area contributed by atoms with Gasteiger partial charge < -0.3 is 0 Å². The Morgan fingerprint density at radius 3 is 2.87 bits per heavy atom. The standard InChI is InChI=1S/C9H9NO3S2/c11-6-8-5-7(3-1-2-4-14)9(15-8)10(12)13/h1,3,5-6,14H,2,4H2. The Morgan fingerprint density at radius 1 is 1.60 bits per heavy atom. The second kappa shape index (κ2) is 5.67. The molecular weight excluding hydrogens is 234 g/mol. The van der Waals surface area contributed by atoms with Gasteiger partial charge in [0, 0.05) is 0 Å². The number of carbonyl (C=O) groups excluding carboxylic acids is 1. The number of allylic oxidation sites excluding steroid dienone is 1. The van der Waals surface area contributed by atoms with E-state index in [0.29, 0.717) is 22.5 Å². The van der Waals surface area contributed by atoms with Crippen LogP contribution in [0.4, 0.5) is 5.00 Å². The Labute approximate surface area is 96.2 Å². The van der Waals surface area contributed by atoms with Crippen molar-refractivity contribution in [2.75, 3.05) is 5.75 Å². The number of nitrogens with zero attached hydrogens (tertiary/aromatic N) is 1. The second-order valence-electron chi connectivity index (χ2n) is 2.70. The van der Waals surface area contributed by atoms with E-state index < -0.39 is 4.92 Å². The molecule has 4 nitrogen and oxygen atoms in total. The van der Waals surface area contributed by atoms with Crippen LogP contribution in [0, 0.1) is 10.1 Å². The fraction of sp³-hybridized carbons (Fsp3) is 0.222. The number of nitro groups is 1. The lowest BCUT2D eigenvalue weighted by Crippen LogP contribution is -1.85. The highest BCUT2D eigenvalue weighted by molar-refractivity contribution is 7.80. The third-order valence-electron chi connectivity index (χ3n) is 1.63. The van der Waals surface area contributed by atoms with Crippen molar-refractivity contribution >= 4 is 41.3 Å². The van der Waals surface area contributed by atoms with E-state index in [1.165, 1.54) is 6.07 Å². The lowest BCUT2D eigenvalue weighted by atomic mass is 10.2. The molecule has 0 spiro atoms. The first-order valence-electron chi connectivity index (χ1n) is 4.20. The first kappa shape index (κ1) is 11.9. The summed E-state index contributed by atoms with van der Waals surface area (Å²) in [5.41, 5.74) is 0.480. The van der Waals surface area contributed by atoms with Crippen molar-refractivity contribution < 1.29 is 9.72 Å². The molecule has 0 aromatic carbocycles. The number of thiophene rings is 1. The quantitative estimate of drug-likeness (QED) is 0.374. The second-order valence-corrected chi connectivity index (χ2v) is 4.21. The Morgan fingerprint density at radius 2 is 2.33 bits per heavy atom. The fourth-order valence-electron chi connectivity index (χ4n) is 1.02. The summed E-state index contributed by atoms with van der Waals surface area (Å²) in [6.45, 7) is 0. The Hall–Kier alpha value is -1.14. The van der Waals surface area contributed by atoms with Gasteiger partial charge >= 0.3 is 5.00 Å². The van der Waals surface area contributed by atoms with E-state index in [-0.39, 0.29) is 5.00 Å². The van der Waals surface area contributed by atoms with Crippen LogP contribution in [-0.4, -0.2) is 17.0 Å². The Bertz CT molecular complexity index is 398. The molecule has 1 rings (SSSR count). The molecule has 0 bridgehead atoms. The maximum absolute atomic E-state index is 10.6. The molecule has 0 aliphatic heterocycles. The first-order chi connectivity index (χ1) is 7.19. The van der Waals surface area contributed by atoms with E-state index in [1.807, 2.05) is 0 Å². The summed E-state index contributed by atoms with van der Waals surface area (Å²) in [7, 11) is 0. The minimum Gasteiger partial charge on any atom is -0.297 e. The van der Waals surface area contributed by atoms with Gasteiger partial charge in [-0.25, -0.2) is 0 Å². The fourth-order valence-corrected chi connectivity index (χ4v) is 1.95. The van der Waals surface area contributed by atoms with Crippen LogP contribution in [0.2, 0.25) is 0 Å². The van der Waals surface area contributed by atoms with Crippen molar-refractivity contribution in [2.45, 2.75) is 6.42 Å². The van der Waals surface area contributed by atoms with E-state index >= 15 is 0 Å². The molecule has 80 valence electrons. The van der Waals surface area contributed by atoms with Crippen LogP contribution in [0.3, 0.4) is 0 Å². The molecule has 0 radical (unpaired) electrons. The van der Waals surface area contributed by atoms with Gasteiger partial charge in [-0.15, -0.1) is 0 Å². The average molecular weight is 243 g/mol. The SMILES string of the molecule is O=Cc1cc(C=CCCS)c([N+](=O)[O-])s1. The van der Waals surface area contributed by atoms with Crippen LogP contribution >= 0.6 is 24.0 Å². The van der Waals surface area contributed by atoms with Crippen LogP contribution in [-0.2, 0) is 0 Å². The van der Waals surface area contributed by atoms with Gasteiger partial charge in [-0.1, -0.05) is 23.5 Å². The monoisotopic (exact) mass is 243 g/mol. The number of thiol groups is 1. The Kier molecular flexibility index (Phi) is 4.51. The summed E-state index contributed by atoms with van der Waals surface area (Å²) in [6, 6.07) is 1.52. The third-order valence-corrected chi connectivity index (χ3v) is 2.92. The summed E-state index contributed by atoms with van der Waals surface area (Å²) in [4.78, 5) is 21.0. The van der Waals surface area contributed by atoms with Gasteiger partial charge in [-0.3, -0.25) is 14.9 Å². The zero-order valence-corrected chi connectivity index (χ0v) is 9.46. The molecule has 0 saturated heterocycles. The molecule has 1 aromatic rings. The largest absolute Gasteiger partial charge is 0.331 e. The van der Waals surface area contributed by atoms with E-state index in [2.05, 4.69) is 12.6 Å². The van der Waals surface area contributed by atoms with Crippen molar-refractivity contribution in [1.29, 1.82) is 0 Å². The summed E-state index contributed by atoms with van der Waals surface area (Å²) >= 11 is 4.91. The topological polar surface area (TPSA) is 60.2 Å². The number of hydrogen-bond donors (Lipinski definition) is 1. The molecule has 0 N–H and O–H groups in total. The maximum atomic E-state index is 10.6. The van der Waals surface area contributed by atoms with Crippen LogP contribution in [0.5, 0.6) is 0 Å². The molecule has 0 unspecified atom stereocenters. The van der Waals surface area contributed by atoms with Crippen molar-refractivity contribution in [1.82, 2.24) is 0 Å². The summed E-state index contributed by atoms with van der Waals surface area (Å²) in [5, 5.41) is 10.6. The molecule has 15 heavy (non-hydrogen) atoms. The number of aldehydes is 1. The molecule has 0 amide bonds. The molecule has 0 aliphatic carbocycles. The summed E-state index contributed by atoms with van der Waals surface area (Å²) in [5.74, 6) is 0.689. The van der Waals surface area contributed by atoms with E-state index in [1.54, 1.807) is 12.2 Å². The Balaban J connectivity index is 2.98. The van der Waals surface area contributed by atoms with E-state index in [0.717, 1.165) is 17.8 Å². The number of carbonyl (C=O) groups is 1. The molecule has 0 saturated carbocycles. The van der Waals surface area contributed by atoms with Gasteiger partial charge in [-0.05, 0) is 18.2 Å². The van der Waals surface area contributed by atoms with Crippen molar-refractivity contribution in [2.24, 2.45) is 0 Å². The van der Waals surface area contributed by atoms with Crippen LogP contribution in [0.25, 0.3) is 6.08 Å². The van der Waals surface area contributed by atoms with Crippen molar-refractivity contribution in [3.05, 3.63) is 32.7 Å². The lowest BCUT2D eigenvalue weighted by molar-refractivity contribution is -0.380. The van der Waals surface area contributed by atoms with E-state index in [9.17, 15) is 14.9 Å². The zero-order valence-electron chi connectivity index (χ0n) is 7.75. The molecule has 0 aliphatic rings. The number of hydrogen-bond acceptors (Lipinski definition) is 5. The van der Waals surface area contributed by atoms with Gasteiger partial charge in [0.15, 0.2) is 6.29 Å². The van der Waals surface area contributed by atoms with Crippen LogP contribution in [0.15, 0.2) is 12.1 Å². The first-order valence-corrected chi connectivity index (χ1v) is 5.64. The number of rotatable bonds is 5. The molecule has 0 atom stereocenters. The minimum atomic E-state index is -0.474. The van der Waals surface area contributed by atoms with Crippen LogP contribution < -0.4 is 0 Å². The molecule has 1 aromatic heterocycles. The minimum absolute atomic E-state index is 0.00696. The lowest BCUT2D eigenvalue weighted by Gasteiger charge is -1.87. The highest BCUT2D eigenvalue weighted by Crippen LogP contribution is 2.30. The zero-order chi connectivity index (χ0) is 11.3. The highest BCUT2D eigenvalue weighted by Gasteiger charge is 2.16.